The van der Waals surface area contributed by atoms with Gasteiger partial charge in [-0.1, -0.05) is 17.7 Å². The van der Waals surface area contributed by atoms with Crippen LogP contribution in [0, 0.1) is 0 Å². The van der Waals surface area contributed by atoms with Crippen molar-refractivity contribution in [3.63, 3.8) is 0 Å². The van der Waals surface area contributed by atoms with Crippen molar-refractivity contribution >= 4 is 33.2 Å². The second kappa shape index (κ2) is 10.2. The van der Waals surface area contributed by atoms with E-state index >= 15 is 0 Å². The van der Waals surface area contributed by atoms with Gasteiger partial charge in [0.25, 0.3) is 15.9 Å². The van der Waals surface area contributed by atoms with Gasteiger partial charge in [0.05, 0.1) is 16.7 Å². The summed E-state index contributed by atoms with van der Waals surface area (Å²) in [7, 11) is -3.81. The number of aromatic nitrogens is 1. The minimum Gasteiger partial charge on any atom is -0.438 e. The predicted molar refractivity (Wildman–Crippen MR) is 124 cm³/mol. The predicted octanol–water partition coefficient (Wildman–Crippen LogP) is 4.24. The van der Waals surface area contributed by atoms with Crippen molar-refractivity contribution in [3.05, 3.63) is 77.4 Å². The number of amides is 1. The first-order valence-corrected chi connectivity index (χ1v) is 12.2. The number of carbonyl (C=O) groups is 1. The van der Waals surface area contributed by atoms with Crippen LogP contribution in [0.3, 0.4) is 0 Å². The van der Waals surface area contributed by atoms with Crippen LogP contribution < -0.4 is 14.8 Å². The monoisotopic (exact) mass is 487 g/mol. The number of pyridine rings is 1. The Morgan fingerprint density at radius 1 is 1.15 bits per heavy atom. The molecule has 33 heavy (non-hydrogen) atoms. The number of hydrogen-bond donors (Lipinski definition) is 2. The summed E-state index contributed by atoms with van der Waals surface area (Å²) >= 11 is 5.84. The fourth-order valence-electron chi connectivity index (χ4n) is 3.31. The van der Waals surface area contributed by atoms with Gasteiger partial charge in [0.1, 0.15) is 11.3 Å². The summed E-state index contributed by atoms with van der Waals surface area (Å²) in [6.07, 6.45) is 3.43. The average Bonchev–Trinajstić information content (AvgIpc) is 3.32. The first-order valence-electron chi connectivity index (χ1n) is 10.3. The second-order valence-electron chi connectivity index (χ2n) is 7.39. The third-order valence-corrected chi connectivity index (χ3v) is 6.60. The topological polar surface area (TPSA) is 107 Å². The fraction of sp³-hybridized carbons (Fsp3) is 0.217. The molecule has 3 aromatic rings. The van der Waals surface area contributed by atoms with Crippen molar-refractivity contribution in [1.29, 1.82) is 0 Å². The molecule has 1 amide bonds. The van der Waals surface area contributed by atoms with Crippen LogP contribution in [-0.4, -0.2) is 38.6 Å². The smallest absolute Gasteiger partial charge is 0.261 e. The van der Waals surface area contributed by atoms with Crippen LogP contribution in [0.4, 0.5) is 5.69 Å². The number of sulfonamides is 1. The highest BCUT2D eigenvalue weighted by molar-refractivity contribution is 7.92. The number of hydrogen-bond acceptors (Lipinski definition) is 6. The quantitative estimate of drug-likeness (QED) is 0.492. The molecule has 8 nitrogen and oxygen atoms in total. The zero-order valence-electron chi connectivity index (χ0n) is 17.5. The number of benzene rings is 2. The second-order valence-corrected chi connectivity index (χ2v) is 9.51. The minimum absolute atomic E-state index is 0.0142. The highest BCUT2D eigenvalue weighted by Crippen LogP contribution is 2.27. The molecule has 1 saturated heterocycles. The van der Waals surface area contributed by atoms with Crippen molar-refractivity contribution in [1.82, 2.24) is 10.3 Å². The van der Waals surface area contributed by atoms with Gasteiger partial charge < -0.3 is 14.8 Å². The Morgan fingerprint density at radius 3 is 2.73 bits per heavy atom. The summed E-state index contributed by atoms with van der Waals surface area (Å²) in [5, 5.41) is 3.29. The maximum atomic E-state index is 12.7. The van der Waals surface area contributed by atoms with Crippen LogP contribution in [0.1, 0.15) is 23.2 Å². The van der Waals surface area contributed by atoms with E-state index in [1.807, 2.05) is 0 Å². The summed E-state index contributed by atoms with van der Waals surface area (Å²) in [4.78, 5) is 16.9. The number of anilines is 1. The van der Waals surface area contributed by atoms with Gasteiger partial charge in [-0.15, -0.1) is 0 Å². The molecular weight excluding hydrogens is 466 g/mol. The Morgan fingerprint density at radius 2 is 1.97 bits per heavy atom. The first-order chi connectivity index (χ1) is 15.9. The van der Waals surface area contributed by atoms with Crippen LogP contribution in [0.5, 0.6) is 11.6 Å². The molecule has 172 valence electrons. The zero-order chi connectivity index (χ0) is 23.3. The summed E-state index contributed by atoms with van der Waals surface area (Å²) in [6.45, 7) is 1.12. The Hall–Kier alpha value is -3.14. The van der Waals surface area contributed by atoms with E-state index in [0.717, 1.165) is 12.8 Å². The number of halogens is 1. The third-order valence-electron chi connectivity index (χ3n) is 4.95. The molecule has 2 aromatic carbocycles. The molecule has 1 aliphatic rings. The summed E-state index contributed by atoms with van der Waals surface area (Å²) in [6, 6.07) is 15.5. The van der Waals surface area contributed by atoms with Crippen LogP contribution in [0.25, 0.3) is 0 Å². The van der Waals surface area contributed by atoms with Crippen LogP contribution in [0.15, 0.2) is 71.8 Å². The molecule has 10 heteroatoms. The van der Waals surface area contributed by atoms with Gasteiger partial charge >= 0.3 is 0 Å². The third kappa shape index (κ3) is 6.01. The number of nitrogens with zero attached hydrogens (tertiary/aromatic N) is 1. The molecule has 2 heterocycles. The number of nitrogens with one attached hydrogen (secondary N) is 2. The lowest BCUT2D eigenvalue weighted by Gasteiger charge is -2.13. The Bertz CT molecular complexity index is 1230. The minimum atomic E-state index is -3.81. The molecule has 0 bridgehead atoms. The van der Waals surface area contributed by atoms with E-state index in [4.69, 9.17) is 21.1 Å². The van der Waals surface area contributed by atoms with Crippen molar-refractivity contribution in [2.75, 3.05) is 17.9 Å². The molecule has 0 saturated carbocycles. The summed E-state index contributed by atoms with van der Waals surface area (Å²) in [5.74, 6) is 0.103. The van der Waals surface area contributed by atoms with Gasteiger partial charge in [-0.25, -0.2) is 13.4 Å². The fourth-order valence-corrected chi connectivity index (χ4v) is 4.49. The molecule has 4 rings (SSSR count). The molecule has 1 fully saturated rings. The number of carbonyl (C=O) groups excluding carboxylic acids is 1. The van der Waals surface area contributed by atoms with Gasteiger partial charge in [0.2, 0.25) is 5.88 Å². The van der Waals surface area contributed by atoms with Gasteiger partial charge in [-0.3, -0.25) is 9.52 Å². The average molecular weight is 488 g/mol. The molecule has 0 unspecified atom stereocenters. The van der Waals surface area contributed by atoms with E-state index in [0.29, 0.717) is 29.6 Å². The lowest BCUT2D eigenvalue weighted by Crippen LogP contribution is -2.32. The molecule has 0 radical (unpaired) electrons. The zero-order valence-corrected chi connectivity index (χ0v) is 19.1. The van der Waals surface area contributed by atoms with Gasteiger partial charge in [0, 0.05) is 30.4 Å². The highest BCUT2D eigenvalue weighted by atomic mass is 35.5. The lowest BCUT2D eigenvalue weighted by molar-refractivity contribution is 0.0855. The normalized spacial score (nSPS) is 15.7. The Labute approximate surface area is 197 Å². The molecule has 1 aromatic heterocycles. The van der Waals surface area contributed by atoms with E-state index in [1.54, 1.807) is 30.3 Å². The number of ether oxygens (including phenoxy) is 2. The van der Waals surface area contributed by atoms with Crippen molar-refractivity contribution < 1.29 is 22.7 Å². The summed E-state index contributed by atoms with van der Waals surface area (Å²) in [5.41, 5.74) is 0.561. The molecule has 1 aliphatic heterocycles. The number of rotatable bonds is 8. The Kier molecular flexibility index (Phi) is 7.12. The molecule has 1 atom stereocenters. The molecule has 0 aliphatic carbocycles. The van der Waals surface area contributed by atoms with Crippen molar-refractivity contribution in [3.8, 4) is 11.6 Å². The van der Waals surface area contributed by atoms with E-state index in [9.17, 15) is 13.2 Å². The lowest BCUT2D eigenvalue weighted by atomic mass is 10.2. The molecule has 0 spiro atoms. The van der Waals surface area contributed by atoms with E-state index in [-0.39, 0.29) is 28.4 Å². The van der Waals surface area contributed by atoms with Crippen LogP contribution >= 0.6 is 11.6 Å². The van der Waals surface area contributed by atoms with Gasteiger partial charge in [-0.2, -0.15) is 0 Å². The van der Waals surface area contributed by atoms with Crippen molar-refractivity contribution in [2.45, 2.75) is 23.8 Å². The Balaban J connectivity index is 1.47. The van der Waals surface area contributed by atoms with Crippen LogP contribution in [-0.2, 0) is 14.8 Å². The SMILES string of the molecule is O=C(NC[C@@H]1CCCO1)c1cccnc1Oc1cccc(NS(=O)(=O)c2ccc(Cl)cc2)c1. The molecule has 2 N–H and O–H groups in total. The van der Waals surface area contributed by atoms with Gasteiger partial charge in [0.15, 0.2) is 0 Å². The first kappa shape index (κ1) is 23.0. The van der Waals surface area contributed by atoms with E-state index in [1.165, 1.54) is 36.5 Å². The largest absolute Gasteiger partial charge is 0.438 e. The van der Waals surface area contributed by atoms with Crippen molar-refractivity contribution in [2.24, 2.45) is 0 Å². The maximum absolute atomic E-state index is 12.7. The highest BCUT2D eigenvalue weighted by Gasteiger charge is 2.20. The maximum Gasteiger partial charge on any atom is 0.261 e. The van der Waals surface area contributed by atoms with Crippen LogP contribution in [0.2, 0.25) is 5.02 Å². The summed E-state index contributed by atoms with van der Waals surface area (Å²) < 4.78 is 39.1. The van der Waals surface area contributed by atoms with E-state index in [2.05, 4.69) is 15.0 Å². The van der Waals surface area contributed by atoms with E-state index < -0.39 is 10.0 Å². The van der Waals surface area contributed by atoms with Gasteiger partial charge in [-0.05, 0) is 61.4 Å². The standard InChI is InChI=1S/C23H22ClN3O5S/c24-16-8-10-20(11-9-16)33(29,30)27-17-4-1-5-18(14-17)32-23-21(7-2-12-25-23)22(28)26-15-19-6-3-13-31-19/h1-2,4-5,7-12,14,19,27H,3,6,13,15H2,(H,26,28)/t19-/m0/s1. The molecular formula is C23H22ClN3O5S.